The summed E-state index contributed by atoms with van der Waals surface area (Å²) in [4.78, 5) is 11.5. The molecule has 0 aliphatic heterocycles. The van der Waals surface area contributed by atoms with Crippen molar-refractivity contribution in [1.29, 1.82) is 0 Å². The van der Waals surface area contributed by atoms with Gasteiger partial charge in [-0.2, -0.15) is 0 Å². The van der Waals surface area contributed by atoms with E-state index in [-0.39, 0.29) is 5.97 Å². The van der Waals surface area contributed by atoms with Crippen LogP contribution in [-0.4, -0.2) is 25.8 Å². The lowest BCUT2D eigenvalue weighted by Crippen LogP contribution is -2.07. The van der Waals surface area contributed by atoms with Gasteiger partial charge >= 0.3 is 5.97 Å². The maximum atomic E-state index is 11.5. The van der Waals surface area contributed by atoms with Crippen LogP contribution in [0.4, 0.5) is 0 Å². The van der Waals surface area contributed by atoms with Crippen LogP contribution >= 0.6 is 0 Å². The van der Waals surface area contributed by atoms with Crippen molar-refractivity contribution in [3.05, 3.63) is 12.2 Å². The van der Waals surface area contributed by atoms with Crippen LogP contribution in [0.3, 0.4) is 0 Å². The fourth-order valence-corrected chi connectivity index (χ4v) is 2.90. The molecule has 0 heterocycles. The van der Waals surface area contributed by atoms with E-state index in [2.05, 4.69) is 19.1 Å². The summed E-state index contributed by atoms with van der Waals surface area (Å²) in [6.45, 7) is 6.13. The number of carbonyl (C=O) groups excluding carboxylic acids is 1. The van der Waals surface area contributed by atoms with E-state index in [0.717, 1.165) is 25.9 Å². The van der Waals surface area contributed by atoms with Crippen LogP contribution < -0.4 is 0 Å². The van der Waals surface area contributed by atoms with Gasteiger partial charge < -0.3 is 9.47 Å². The van der Waals surface area contributed by atoms with Crippen LogP contribution in [0.5, 0.6) is 0 Å². The Bertz CT molecular complexity index is 313. The molecule has 0 amide bonds. The molecule has 0 atom stereocenters. The second-order valence-electron chi connectivity index (χ2n) is 7.11. The van der Waals surface area contributed by atoms with Gasteiger partial charge in [0.1, 0.15) is 0 Å². The molecule has 0 aromatic carbocycles. The highest BCUT2D eigenvalue weighted by molar-refractivity contribution is 5.69. The standard InChI is InChI=1S/C23H44O3/c1-3-5-6-7-8-9-10-11-12-13-14-15-16-17-18-20-23(24)26-22-19-21-25-4-2/h11-12H,3-10,13-22H2,1-2H3. The molecule has 154 valence electrons. The summed E-state index contributed by atoms with van der Waals surface area (Å²) in [5, 5.41) is 0. The van der Waals surface area contributed by atoms with Crippen molar-refractivity contribution in [2.24, 2.45) is 0 Å². The van der Waals surface area contributed by atoms with E-state index < -0.39 is 0 Å². The minimum atomic E-state index is -0.0564. The van der Waals surface area contributed by atoms with Crippen molar-refractivity contribution >= 4 is 5.97 Å². The molecule has 0 bridgehead atoms. The Morgan fingerprint density at radius 3 is 1.88 bits per heavy atom. The lowest BCUT2D eigenvalue weighted by atomic mass is 10.1. The number of hydrogen-bond acceptors (Lipinski definition) is 3. The lowest BCUT2D eigenvalue weighted by molar-refractivity contribution is -0.144. The summed E-state index contributed by atoms with van der Waals surface area (Å²) >= 11 is 0. The van der Waals surface area contributed by atoms with Gasteiger partial charge in [-0.3, -0.25) is 4.79 Å². The second kappa shape index (κ2) is 22.2. The van der Waals surface area contributed by atoms with E-state index in [1.165, 1.54) is 70.6 Å². The first-order valence-electron chi connectivity index (χ1n) is 11.2. The van der Waals surface area contributed by atoms with Gasteiger partial charge in [0, 0.05) is 26.1 Å². The molecule has 0 aromatic rings. The van der Waals surface area contributed by atoms with E-state index >= 15 is 0 Å². The Morgan fingerprint density at radius 1 is 0.692 bits per heavy atom. The van der Waals surface area contributed by atoms with Crippen LogP contribution in [0.25, 0.3) is 0 Å². The Balaban J connectivity index is 3.18. The minimum Gasteiger partial charge on any atom is -0.466 e. The maximum absolute atomic E-state index is 11.5. The average molecular weight is 369 g/mol. The van der Waals surface area contributed by atoms with Crippen LogP contribution in [0.1, 0.15) is 110 Å². The second-order valence-corrected chi connectivity index (χ2v) is 7.11. The van der Waals surface area contributed by atoms with Crippen molar-refractivity contribution in [3.8, 4) is 0 Å². The SMILES string of the molecule is CCCCCCCCC=CCCCCCCCC(=O)OCCCOCC. The van der Waals surface area contributed by atoms with Crippen molar-refractivity contribution in [2.45, 2.75) is 110 Å². The number of ether oxygens (including phenoxy) is 2. The monoisotopic (exact) mass is 368 g/mol. The zero-order chi connectivity index (χ0) is 19.1. The van der Waals surface area contributed by atoms with E-state index in [1.54, 1.807) is 0 Å². The highest BCUT2D eigenvalue weighted by Crippen LogP contribution is 2.10. The Kier molecular flexibility index (Phi) is 21.5. The van der Waals surface area contributed by atoms with Crippen LogP contribution in [0.15, 0.2) is 12.2 Å². The zero-order valence-corrected chi connectivity index (χ0v) is 17.6. The highest BCUT2D eigenvalue weighted by atomic mass is 16.5. The van der Waals surface area contributed by atoms with Gasteiger partial charge in [0.05, 0.1) is 6.61 Å². The molecule has 0 aliphatic carbocycles. The Morgan fingerprint density at radius 2 is 1.27 bits per heavy atom. The number of esters is 1. The summed E-state index contributed by atoms with van der Waals surface area (Å²) in [6, 6.07) is 0. The van der Waals surface area contributed by atoms with Crippen molar-refractivity contribution in [1.82, 2.24) is 0 Å². The molecule has 0 radical (unpaired) electrons. The van der Waals surface area contributed by atoms with Gasteiger partial charge in [-0.25, -0.2) is 0 Å². The van der Waals surface area contributed by atoms with Gasteiger partial charge in [0.25, 0.3) is 0 Å². The maximum Gasteiger partial charge on any atom is 0.305 e. The summed E-state index contributed by atoms with van der Waals surface area (Å²) in [6.07, 6.45) is 22.7. The zero-order valence-electron chi connectivity index (χ0n) is 17.6. The number of allylic oxidation sites excluding steroid dienone is 2. The van der Waals surface area contributed by atoms with Crippen molar-refractivity contribution < 1.29 is 14.3 Å². The number of carbonyl (C=O) groups is 1. The van der Waals surface area contributed by atoms with Crippen molar-refractivity contribution in [2.75, 3.05) is 19.8 Å². The molecule has 0 aliphatic rings. The molecule has 3 nitrogen and oxygen atoms in total. The predicted molar refractivity (Wildman–Crippen MR) is 112 cm³/mol. The average Bonchev–Trinajstić information content (AvgIpc) is 2.64. The topological polar surface area (TPSA) is 35.5 Å². The van der Waals surface area contributed by atoms with E-state index in [4.69, 9.17) is 9.47 Å². The van der Waals surface area contributed by atoms with Crippen molar-refractivity contribution in [3.63, 3.8) is 0 Å². The fourth-order valence-electron chi connectivity index (χ4n) is 2.90. The third-order valence-corrected chi connectivity index (χ3v) is 4.54. The van der Waals surface area contributed by atoms with Crippen LogP contribution in [0.2, 0.25) is 0 Å². The van der Waals surface area contributed by atoms with Gasteiger partial charge in [-0.15, -0.1) is 0 Å². The quantitative estimate of drug-likeness (QED) is 0.132. The summed E-state index contributed by atoms with van der Waals surface area (Å²) in [5.74, 6) is -0.0564. The predicted octanol–water partition coefficient (Wildman–Crippen LogP) is 6.99. The highest BCUT2D eigenvalue weighted by Gasteiger charge is 2.02. The fraction of sp³-hybridized carbons (Fsp3) is 0.870. The van der Waals surface area contributed by atoms with E-state index in [9.17, 15) is 4.79 Å². The smallest absolute Gasteiger partial charge is 0.305 e. The van der Waals surface area contributed by atoms with Gasteiger partial charge in [-0.05, 0) is 39.0 Å². The number of hydrogen-bond donors (Lipinski definition) is 0. The molecular weight excluding hydrogens is 324 g/mol. The lowest BCUT2D eigenvalue weighted by Gasteiger charge is -2.05. The molecule has 0 N–H and O–H groups in total. The molecule has 0 saturated carbocycles. The van der Waals surface area contributed by atoms with Gasteiger partial charge in [0.2, 0.25) is 0 Å². The molecule has 0 fully saturated rings. The molecule has 3 heteroatoms. The summed E-state index contributed by atoms with van der Waals surface area (Å²) in [7, 11) is 0. The summed E-state index contributed by atoms with van der Waals surface area (Å²) in [5.41, 5.74) is 0. The Hall–Kier alpha value is -0.830. The Labute approximate surface area is 162 Å². The third kappa shape index (κ3) is 21.2. The molecule has 0 spiro atoms. The molecule has 26 heavy (non-hydrogen) atoms. The van der Waals surface area contributed by atoms with Crippen LogP contribution in [-0.2, 0) is 14.3 Å². The molecular formula is C23H44O3. The van der Waals surface area contributed by atoms with Gasteiger partial charge in [-0.1, -0.05) is 70.4 Å². The van der Waals surface area contributed by atoms with Gasteiger partial charge in [0.15, 0.2) is 0 Å². The molecule has 0 rings (SSSR count). The molecule has 0 saturated heterocycles. The normalized spacial score (nSPS) is 11.3. The minimum absolute atomic E-state index is 0.0564. The first-order chi connectivity index (χ1) is 12.8. The third-order valence-electron chi connectivity index (χ3n) is 4.54. The largest absolute Gasteiger partial charge is 0.466 e. The molecule has 0 aromatic heterocycles. The van der Waals surface area contributed by atoms with E-state index in [0.29, 0.717) is 19.6 Å². The molecule has 0 unspecified atom stereocenters. The first kappa shape index (κ1) is 25.2. The van der Waals surface area contributed by atoms with Crippen LogP contribution in [0, 0.1) is 0 Å². The number of rotatable bonds is 20. The number of unbranched alkanes of at least 4 members (excludes halogenated alkanes) is 11. The first-order valence-corrected chi connectivity index (χ1v) is 11.2. The van der Waals surface area contributed by atoms with E-state index in [1.807, 2.05) is 6.92 Å². The summed E-state index contributed by atoms with van der Waals surface area (Å²) < 4.78 is 10.4.